The number of carbonyl (C=O) groups excluding carboxylic acids is 1. The van der Waals surface area contributed by atoms with Gasteiger partial charge in [0.05, 0.1) is 23.8 Å². The van der Waals surface area contributed by atoms with Gasteiger partial charge in [0.15, 0.2) is 11.7 Å². The van der Waals surface area contributed by atoms with Gasteiger partial charge in [0, 0.05) is 32.6 Å². The van der Waals surface area contributed by atoms with Crippen LogP contribution in [-0.4, -0.2) is 78.7 Å². The Balaban J connectivity index is 1.69. The third-order valence-electron chi connectivity index (χ3n) is 6.80. The Kier molecular flexibility index (Phi) is 8.40. The average Bonchev–Trinajstić information content (AvgIpc) is 2.76. The van der Waals surface area contributed by atoms with Crippen molar-refractivity contribution in [3.63, 3.8) is 0 Å². The molecular weight excluding hydrogens is 480 g/mol. The maximum absolute atomic E-state index is 15.5. The molecule has 3 rings (SSSR count). The number of amidine groups is 1. The number of piperidine rings is 1. The largest absolute Gasteiger partial charge is 0.416 e. The number of halogens is 4. The van der Waals surface area contributed by atoms with Crippen molar-refractivity contribution in [2.45, 2.75) is 37.6 Å². The van der Waals surface area contributed by atoms with E-state index in [1.807, 2.05) is 0 Å². The van der Waals surface area contributed by atoms with E-state index in [1.165, 1.54) is 19.2 Å². The molecule has 1 aromatic carbocycles. The van der Waals surface area contributed by atoms with Crippen molar-refractivity contribution in [1.29, 1.82) is 0 Å². The van der Waals surface area contributed by atoms with Crippen LogP contribution in [0, 0.1) is 5.92 Å². The Hall–Kier alpha value is -2.99. The van der Waals surface area contributed by atoms with Gasteiger partial charge in [-0.3, -0.25) is 14.7 Å². The fourth-order valence-corrected chi connectivity index (χ4v) is 4.75. The molecule has 3 atom stereocenters. The van der Waals surface area contributed by atoms with Crippen LogP contribution in [0.25, 0.3) is 0 Å². The van der Waals surface area contributed by atoms with Gasteiger partial charge in [-0.2, -0.15) is 17.6 Å². The second kappa shape index (κ2) is 11.0. The van der Waals surface area contributed by atoms with E-state index in [2.05, 4.69) is 22.0 Å². The number of nitrogens with one attached hydrogen (secondary N) is 1. The molecule has 0 aliphatic carbocycles. The average molecular weight is 513 g/mol. The molecule has 2 aliphatic heterocycles. The Morgan fingerprint density at radius 3 is 2.42 bits per heavy atom. The lowest BCUT2D eigenvalue weighted by Gasteiger charge is -2.43. The quantitative estimate of drug-likeness (QED) is 0.282. The summed E-state index contributed by atoms with van der Waals surface area (Å²) in [7, 11) is 1.43. The normalized spacial score (nSPS) is 26.2. The minimum Gasteiger partial charge on any atom is -0.388 e. The molecule has 12 heteroatoms. The van der Waals surface area contributed by atoms with Gasteiger partial charge < -0.3 is 21.1 Å². The summed E-state index contributed by atoms with van der Waals surface area (Å²) in [4.78, 5) is 22.5. The summed E-state index contributed by atoms with van der Waals surface area (Å²) in [5, 5.41) is 13.8. The summed E-state index contributed by atoms with van der Waals surface area (Å²) in [5.74, 6) is -1.59. The van der Waals surface area contributed by atoms with Crippen molar-refractivity contribution >= 4 is 18.5 Å². The molecule has 0 saturated carbocycles. The fourth-order valence-electron chi connectivity index (χ4n) is 4.75. The van der Waals surface area contributed by atoms with Gasteiger partial charge >= 0.3 is 6.18 Å². The van der Waals surface area contributed by atoms with Crippen molar-refractivity contribution in [2.75, 3.05) is 39.8 Å². The number of likely N-dealkylation sites (tertiary alicyclic amines) is 2. The first kappa shape index (κ1) is 27.6. The summed E-state index contributed by atoms with van der Waals surface area (Å²) < 4.78 is 54.2. The second-order valence-electron chi connectivity index (χ2n) is 9.39. The van der Waals surface area contributed by atoms with E-state index < -0.39 is 29.1 Å². The number of primary amides is 1. The van der Waals surface area contributed by atoms with E-state index in [0.717, 1.165) is 12.1 Å². The van der Waals surface area contributed by atoms with E-state index in [4.69, 9.17) is 5.73 Å². The smallest absolute Gasteiger partial charge is 0.388 e. The molecule has 8 nitrogen and oxygen atoms in total. The van der Waals surface area contributed by atoms with Crippen molar-refractivity contribution < 1.29 is 27.5 Å². The SMILES string of the molecule is C=N/C(NC[C@@H]1CCN(CC(N)=O)C[C@]1(C)O)=C(F)\C(=N/C)N1CCC1c1ccc(C(F)(F)F)cc1. The van der Waals surface area contributed by atoms with Crippen LogP contribution in [0.4, 0.5) is 17.6 Å². The number of β-amino-alcohol motifs (C(OH)–C–C–N with tert-alkyl or cyclic N) is 1. The number of benzene rings is 1. The van der Waals surface area contributed by atoms with Gasteiger partial charge in [-0.25, -0.2) is 4.99 Å². The van der Waals surface area contributed by atoms with Crippen LogP contribution in [0.1, 0.15) is 36.9 Å². The van der Waals surface area contributed by atoms with E-state index in [0.29, 0.717) is 31.5 Å². The molecule has 0 spiro atoms. The van der Waals surface area contributed by atoms with Crippen molar-refractivity contribution in [3.05, 3.63) is 47.0 Å². The van der Waals surface area contributed by atoms with Crippen LogP contribution < -0.4 is 11.1 Å². The summed E-state index contributed by atoms with van der Waals surface area (Å²) >= 11 is 0. The molecule has 2 aliphatic rings. The van der Waals surface area contributed by atoms with Crippen molar-refractivity contribution in [3.8, 4) is 0 Å². The summed E-state index contributed by atoms with van der Waals surface area (Å²) in [6, 6.07) is 4.50. The third kappa shape index (κ3) is 6.22. The van der Waals surface area contributed by atoms with Gasteiger partial charge in [-0.1, -0.05) is 12.1 Å². The molecule has 2 fully saturated rings. The first-order valence-corrected chi connectivity index (χ1v) is 11.6. The molecule has 1 unspecified atom stereocenters. The van der Waals surface area contributed by atoms with E-state index in [-0.39, 0.29) is 43.3 Å². The number of alkyl halides is 3. The number of nitrogens with zero attached hydrogens (tertiary/aromatic N) is 4. The molecule has 1 aromatic rings. The van der Waals surface area contributed by atoms with Crippen LogP contribution in [0.3, 0.4) is 0 Å². The Bertz CT molecular complexity index is 1020. The van der Waals surface area contributed by atoms with E-state index >= 15 is 4.39 Å². The molecule has 2 saturated heterocycles. The highest BCUT2D eigenvalue weighted by atomic mass is 19.4. The number of aliphatic imine (C=N–C) groups is 2. The summed E-state index contributed by atoms with van der Waals surface area (Å²) in [5.41, 5.74) is 3.99. The number of hydrogen-bond acceptors (Lipinski definition) is 6. The predicted octanol–water partition coefficient (Wildman–Crippen LogP) is 2.47. The molecule has 2 heterocycles. The number of rotatable bonds is 8. The van der Waals surface area contributed by atoms with Gasteiger partial charge in [0.1, 0.15) is 0 Å². The maximum Gasteiger partial charge on any atom is 0.416 e. The lowest BCUT2D eigenvalue weighted by Crippen LogP contribution is -2.56. The third-order valence-corrected chi connectivity index (χ3v) is 6.80. The Morgan fingerprint density at radius 1 is 1.28 bits per heavy atom. The van der Waals surface area contributed by atoms with Gasteiger partial charge in [0.2, 0.25) is 11.7 Å². The number of nitrogens with two attached hydrogens (primary N) is 1. The van der Waals surface area contributed by atoms with Crippen LogP contribution in [-0.2, 0) is 11.0 Å². The number of hydrogen-bond donors (Lipinski definition) is 3. The highest BCUT2D eigenvalue weighted by Crippen LogP contribution is 2.37. The zero-order valence-electron chi connectivity index (χ0n) is 20.4. The fraction of sp³-hybridized carbons (Fsp3) is 0.542. The lowest BCUT2D eigenvalue weighted by atomic mass is 9.82. The molecule has 0 bridgehead atoms. The second-order valence-corrected chi connectivity index (χ2v) is 9.39. The molecule has 0 radical (unpaired) electrons. The van der Waals surface area contributed by atoms with E-state index in [1.54, 1.807) is 16.7 Å². The topological polar surface area (TPSA) is 107 Å². The minimum atomic E-state index is -4.43. The summed E-state index contributed by atoms with van der Waals surface area (Å²) in [6.45, 7) is 6.63. The van der Waals surface area contributed by atoms with Crippen molar-refractivity contribution in [1.82, 2.24) is 15.1 Å². The monoisotopic (exact) mass is 512 g/mol. The van der Waals surface area contributed by atoms with Crippen LogP contribution in [0.5, 0.6) is 0 Å². The molecule has 198 valence electrons. The van der Waals surface area contributed by atoms with Gasteiger partial charge in [-0.15, -0.1) is 0 Å². The van der Waals surface area contributed by atoms with Crippen LogP contribution >= 0.6 is 0 Å². The van der Waals surface area contributed by atoms with E-state index in [9.17, 15) is 23.1 Å². The molecule has 36 heavy (non-hydrogen) atoms. The zero-order chi connectivity index (χ0) is 26.7. The first-order valence-electron chi connectivity index (χ1n) is 11.6. The maximum atomic E-state index is 15.5. The minimum absolute atomic E-state index is 0.0177. The van der Waals surface area contributed by atoms with Gasteiger partial charge in [0.25, 0.3) is 0 Å². The molecule has 4 N–H and O–H groups in total. The standard InChI is InChI=1S/C24H32F4N6O2/c1-23(36)14-33(13-19(29)35)10-8-17(23)12-32-21(30-2)20(25)22(31-3)34-11-9-18(34)15-4-6-16(7-5-15)24(26,27)28/h4-7,17-18,32,36H,2,8-14H2,1,3H3,(H2,29,35)/b21-20-,31-22+/t17-,18?,23-/m0/s1. The lowest BCUT2D eigenvalue weighted by molar-refractivity contribution is -0.137. The number of aliphatic hydroxyl groups is 1. The Labute approximate surface area is 207 Å². The molecule has 0 aromatic heterocycles. The molecular formula is C24H32F4N6O2. The van der Waals surface area contributed by atoms with Crippen molar-refractivity contribution in [2.24, 2.45) is 21.6 Å². The number of amides is 1. The van der Waals surface area contributed by atoms with Gasteiger partial charge in [-0.05, 0) is 50.7 Å². The van der Waals surface area contributed by atoms with Crippen LogP contribution in [0.2, 0.25) is 0 Å². The zero-order valence-corrected chi connectivity index (χ0v) is 20.4. The Morgan fingerprint density at radius 2 is 1.94 bits per heavy atom. The number of carbonyl (C=O) groups is 1. The highest BCUT2D eigenvalue weighted by molar-refractivity contribution is 5.97. The summed E-state index contributed by atoms with van der Waals surface area (Å²) in [6.07, 6.45) is -3.24. The molecule has 1 amide bonds. The highest BCUT2D eigenvalue weighted by Gasteiger charge is 2.39. The first-order chi connectivity index (χ1) is 16.9. The van der Waals surface area contributed by atoms with Crippen LogP contribution in [0.15, 0.2) is 45.9 Å². The predicted molar refractivity (Wildman–Crippen MR) is 129 cm³/mol.